The second kappa shape index (κ2) is 6.91. The zero-order valence-corrected chi connectivity index (χ0v) is 12.9. The van der Waals surface area contributed by atoms with Gasteiger partial charge in [0.15, 0.2) is 0 Å². The first-order chi connectivity index (χ1) is 9.58. The number of rotatable bonds is 7. The molecule has 110 valence electrons. The maximum absolute atomic E-state index is 5.97. The monoisotopic (exact) mass is 275 g/mol. The Morgan fingerprint density at radius 1 is 1.15 bits per heavy atom. The van der Waals surface area contributed by atoms with Gasteiger partial charge in [0, 0.05) is 10.9 Å². The third-order valence-electron chi connectivity index (χ3n) is 3.18. The minimum Gasteiger partial charge on any atom is -0.459 e. The number of para-hydroxylation sites is 1. The SMILES string of the molecule is CC(C)CNCc1oc2ccccc2c1COC(C)C. The fourth-order valence-corrected chi connectivity index (χ4v) is 2.17. The van der Waals surface area contributed by atoms with Crippen molar-refractivity contribution in [2.45, 2.75) is 47.0 Å². The number of furan rings is 1. The first-order valence-corrected chi connectivity index (χ1v) is 7.39. The molecule has 3 heteroatoms. The fourth-order valence-electron chi connectivity index (χ4n) is 2.17. The third kappa shape index (κ3) is 3.84. The van der Waals surface area contributed by atoms with Gasteiger partial charge in [-0.25, -0.2) is 0 Å². The number of hydrogen-bond donors (Lipinski definition) is 1. The minimum absolute atomic E-state index is 0.222. The lowest BCUT2D eigenvalue weighted by molar-refractivity contribution is 0.0653. The molecule has 0 fully saturated rings. The predicted molar refractivity (Wildman–Crippen MR) is 82.7 cm³/mol. The van der Waals surface area contributed by atoms with Crippen LogP contribution in [0, 0.1) is 5.92 Å². The van der Waals surface area contributed by atoms with Crippen molar-refractivity contribution >= 4 is 11.0 Å². The van der Waals surface area contributed by atoms with Gasteiger partial charge in [-0.15, -0.1) is 0 Å². The summed E-state index contributed by atoms with van der Waals surface area (Å²) in [4.78, 5) is 0. The van der Waals surface area contributed by atoms with Crippen molar-refractivity contribution in [2.24, 2.45) is 5.92 Å². The largest absolute Gasteiger partial charge is 0.459 e. The molecule has 0 amide bonds. The standard InChI is InChI=1S/C17H25NO2/c1-12(2)9-18-10-17-15(11-19-13(3)4)14-7-5-6-8-16(14)20-17/h5-8,12-13,18H,9-11H2,1-4H3. The summed E-state index contributed by atoms with van der Waals surface area (Å²) >= 11 is 0. The molecule has 0 unspecified atom stereocenters. The normalized spacial score (nSPS) is 11.9. The highest BCUT2D eigenvalue weighted by molar-refractivity contribution is 5.82. The van der Waals surface area contributed by atoms with Crippen molar-refractivity contribution in [3.63, 3.8) is 0 Å². The first kappa shape index (κ1) is 15.1. The highest BCUT2D eigenvalue weighted by atomic mass is 16.5. The van der Waals surface area contributed by atoms with Crippen LogP contribution in [0.1, 0.15) is 39.0 Å². The van der Waals surface area contributed by atoms with Crippen LogP contribution in [0.25, 0.3) is 11.0 Å². The number of benzene rings is 1. The van der Waals surface area contributed by atoms with Crippen LogP contribution in [0.5, 0.6) is 0 Å². The van der Waals surface area contributed by atoms with Crippen LogP contribution in [0.3, 0.4) is 0 Å². The quantitative estimate of drug-likeness (QED) is 0.826. The minimum atomic E-state index is 0.222. The summed E-state index contributed by atoms with van der Waals surface area (Å²) in [5.74, 6) is 1.63. The predicted octanol–water partition coefficient (Wildman–Crippen LogP) is 4.10. The van der Waals surface area contributed by atoms with Crippen molar-refractivity contribution in [2.75, 3.05) is 6.54 Å². The molecule has 0 aliphatic carbocycles. The molecule has 0 aliphatic heterocycles. The molecule has 1 heterocycles. The lowest BCUT2D eigenvalue weighted by Gasteiger charge is -2.09. The van der Waals surface area contributed by atoms with Gasteiger partial charge in [0.2, 0.25) is 0 Å². The van der Waals surface area contributed by atoms with Gasteiger partial charge in [0.1, 0.15) is 11.3 Å². The molecule has 0 aliphatic rings. The van der Waals surface area contributed by atoms with E-state index in [-0.39, 0.29) is 6.10 Å². The van der Waals surface area contributed by atoms with E-state index in [0.29, 0.717) is 12.5 Å². The topological polar surface area (TPSA) is 34.4 Å². The van der Waals surface area contributed by atoms with Gasteiger partial charge >= 0.3 is 0 Å². The smallest absolute Gasteiger partial charge is 0.134 e. The molecule has 1 aromatic carbocycles. The maximum Gasteiger partial charge on any atom is 0.134 e. The lowest BCUT2D eigenvalue weighted by atomic mass is 10.1. The highest BCUT2D eigenvalue weighted by Gasteiger charge is 2.14. The molecule has 0 saturated carbocycles. The molecule has 0 spiro atoms. The van der Waals surface area contributed by atoms with E-state index in [9.17, 15) is 0 Å². The van der Waals surface area contributed by atoms with E-state index in [1.165, 1.54) is 5.56 Å². The molecular weight excluding hydrogens is 250 g/mol. The van der Waals surface area contributed by atoms with E-state index in [1.807, 2.05) is 18.2 Å². The van der Waals surface area contributed by atoms with Gasteiger partial charge in [-0.3, -0.25) is 0 Å². The van der Waals surface area contributed by atoms with Crippen LogP contribution in [-0.4, -0.2) is 12.6 Å². The van der Waals surface area contributed by atoms with Crippen molar-refractivity contribution in [3.8, 4) is 0 Å². The number of nitrogens with one attached hydrogen (secondary N) is 1. The molecular formula is C17H25NO2. The Morgan fingerprint density at radius 2 is 1.90 bits per heavy atom. The molecule has 2 rings (SSSR count). The van der Waals surface area contributed by atoms with Crippen LogP contribution in [0.4, 0.5) is 0 Å². The third-order valence-corrected chi connectivity index (χ3v) is 3.18. The molecule has 0 radical (unpaired) electrons. The molecule has 1 aromatic heterocycles. The molecule has 2 aromatic rings. The highest BCUT2D eigenvalue weighted by Crippen LogP contribution is 2.26. The Kier molecular flexibility index (Phi) is 5.21. The van der Waals surface area contributed by atoms with Crippen molar-refractivity contribution in [1.29, 1.82) is 0 Å². The molecule has 3 nitrogen and oxygen atoms in total. The van der Waals surface area contributed by atoms with E-state index in [2.05, 4.69) is 39.1 Å². The fraction of sp³-hybridized carbons (Fsp3) is 0.529. The van der Waals surface area contributed by atoms with Crippen LogP contribution >= 0.6 is 0 Å². The van der Waals surface area contributed by atoms with Crippen molar-refractivity contribution < 1.29 is 9.15 Å². The van der Waals surface area contributed by atoms with E-state index in [0.717, 1.165) is 29.8 Å². The van der Waals surface area contributed by atoms with Gasteiger partial charge in [-0.1, -0.05) is 32.0 Å². The van der Waals surface area contributed by atoms with Crippen LogP contribution in [0.15, 0.2) is 28.7 Å². The molecule has 0 atom stereocenters. The van der Waals surface area contributed by atoms with Gasteiger partial charge in [-0.2, -0.15) is 0 Å². The first-order valence-electron chi connectivity index (χ1n) is 7.39. The summed E-state index contributed by atoms with van der Waals surface area (Å²) in [5, 5.41) is 4.60. The summed E-state index contributed by atoms with van der Waals surface area (Å²) in [6.45, 7) is 10.9. The summed E-state index contributed by atoms with van der Waals surface area (Å²) in [6.07, 6.45) is 0.222. The Morgan fingerprint density at radius 3 is 2.60 bits per heavy atom. The number of hydrogen-bond acceptors (Lipinski definition) is 3. The Labute approximate surface area is 121 Å². The Bertz CT molecular complexity index is 543. The van der Waals surface area contributed by atoms with Crippen LogP contribution in [0.2, 0.25) is 0 Å². The summed E-state index contributed by atoms with van der Waals surface area (Å²) in [7, 11) is 0. The average Bonchev–Trinajstić information content (AvgIpc) is 2.73. The van der Waals surface area contributed by atoms with E-state index < -0.39 is 0 Å². The van der Waals surface area contributed by atoms with Crippen molar-refractivity contribution in [1.82, 2.24) is 5.32 Å². The Balaban J connectivity index is 2.19. The van der Waals surface area contributed by atoms with Crippen LogP contribution in [-0.2, 0) is 17.9 Å². The van der Waals surface area contributed by atoms with Gasteiger partial charge in [0.25, 0.3) is 0 Å². The van der Waals surface area contributed by atoms with E-state index >= 15 is 0 Å². The zero-order valence-electron chi connectivity index (χ0n) is 12.9. The second-order valence-corrected chi connectivity index (χ2v) is 5.88. The lowest BCUT2D eigenvalue weighted by Crippen LogP contribution is -2.19. The number of fused-ring (bicyclic) bond motifs is 1. The van der Waals surface area contributed by atoms with Gasteiger partial charge < -0.3 is 14.5 Å². The van der Waals surface area contributed by atoms with E-state index in [4.69, 9.17) is 9.15 Å². The van der Waals surface area contributed by atoms with Gasteiger partial charge in [0.05, 0.1) is 19.3 Å². The Hall–Kier alpha value is -1.32. The molecule has 0 bridgehead atoms. The van der Waals surface area contributed by atoms with Gasteiger partial charge in [-0.05, 0) is 32.4 Å². The maximum atomic E-state index is 5.97. The van der Waals surface area contributed by atoms with Crippen LogP contribution < -0.4 is 5.32 Å². The average molecular weight is 275 g/mol. The molecule has 1 N–H and O–H groups in total. The molecule has 0 saturated heterocycles. The summed E-state index contributed by atoms with van der Waals surface area (Å²) < 4.78 is 11.7. The number of ether oxygens (including phenoxy) is 1. The summed E-state index contributed by atoms with van der Waals surface area (Å²) in [5.41, 5.74) is 2.11. The second-order valence-electron chi connectivity index (χ2n) is 5.88. The van der Waals surface area contributed by atoms with E-state index in [1.54, 1.807) is 0 Å². The zero-order chi connectivity index (χ0) is 14.5. The van der Waals surface area contributed by atoms with Crippen molar-refractivity contribution in [3.05, 3.63) is 35.6 Å². The summed E-state index contributed by atoms with van der Waals surface area (Å²) in [6, 6.07) is 8.16. The molecule has 20 heavy (non-hydrogen) atoms.